The normalized spacial score (nSPS) is 12.2. The van der Waals surface area contributed by atoms with Gasteiger partial charge in [0.2, 0.25) is 0 Å². The highest BCUT2D eigenvalue weighted by atomic mass is 16.5. The highest BCUT2D eigenvalue weighted by Gasteiger charge is 2.18. The second-order valence-corrected chi connectivity index (χ2v) is 3.00. The summed E-state index contributed by atoms with van der Waals surface area (Å²) in [6.07, 6.45) is -0.763. The number of benzene rings is 1. The minimum absolute atomic E-state index is 0.573. The largest absolute Gasteiger partial charge is 0.367 e. The molecule has 0 radical (unpaired) electrons. The van der Waals surface area contributed by atoms with E-state index in [4.69, 9.17) is 9.94 Å². The number of carbonyl (C=O) groups excluding carboxylic acids is 1. The predicted octanol–water partition coefficient (Wildman–Crippen LogP) is 1.19. The molecule has 1 unspecified atom stereocenters. The van der Waals surface area contributed by atoms with E-state index >= 15 is 0 Å². The topological polar surface area (TPSA) is 58.6 Å². The van der Waals surface area contributed by atoms with Gasteiger partial charge in [-0.05, 0) is 12.5 Å². The number of carbonyl (C=O) groups is 1. The molecule has 14 heavy (non-hydrogen) atoms. The third kappa shape index (κ3) is 2.31. The smallest absolute Gasteiger partial charge is 0.277 e. The maximum atomic E-state index is 11.1. The summed E-state index contributed by atoms with van der Waals surface area (Å²) in [5.74, 6) is -0.573. The summed E-state index contributed by atoms with van der Waals surface area (Å²) in [6.45, 7) is 1.96. The summed E-state index contributed by atoms with van der Waals surface area (Å²) in [4.78, 5) is 11.1. The molecule has 0 spiro atoms. The van der Waals surface area contributed by atoms with Gasteiger partial charge in [-0.15, -0.1) is 0 Å². The van der Waals surface area contributed by atoms with Gasteiger partial charge in [0.25, 0.3) is 5.91 Å². The summed E-state index contributed by atoms with van der Waals surface area (Å²) in [7, 11) is 1.42. The number of rotatable bonds is 3. The molecule has 0 saturated heterocycles. The molecule has 0 aliphatic rings. The monoisotopic (exact) mass is 195 g/mol. The predicted molar refractivity (Wildman–Crippen MR) is 50.9 cm³/mol. The molecular weight excluding hydrogens is 182 g/mol. The number of methoxy groups -OCH3 is 1. The molecule has 0 heterocycles. The van der Waals surface area contributed by atoms with Crippen molar-refractivity contribution in [1.29, 1.82) is 0 Å². The Balaban J connectivity index is 2.89. The van der Waals surface area contributed by atoms with Gasteiger partial charge in [0.1, 0.15) is 0 Å². The van der Waals surface area contributed by atoms with E-state index in [1.165, 1.54) is 7.11 Å². The van der Waals surface area contributed by atoms with Gasteiger partial charge in [-0.1, -0.05) is 29.8 Å². The van der Waals surface area contributed by atoms with Crippen LogP contribution in [-0.2, 0) is 9.53 Å². The lowest BCUT2D eigenvalue weighted by Gasteiger charge is -2.13. The van der Waals surface area contributed by atoms with E-state index in [2.05, 4.69) is 0 Å². The number of hydrogen-bond donors (Lipinski definition) is 2. The zero-order valence-corrected chi connectivity index (χ0v) is 8.15. The van der Waals surface area contributed by atoms with Crippen LogP contribution in [0, 0.1) is 6.92 Å². The molecule has 2 N–H and O–H groups in total. The van der Waals surface area contributed by atoms with Crippen molar-refractivity contribution in [1.82, 2.24) is 5.48 Å². The summed E-state index contributed by atoms with van der Waals surface area (Å²) in [5.41, 5.74) is 3.38. The molecule has 1 atom stereocenters. The SMILES string of the molecule is COC(C(=O)NO)c1ccc(C)cc1. The number of aryl methyl sites for hydroxylation is 1. The van der Waals surface area contributed by atoms with Gasteiger partial charge < -0.3 is 4.74 Å². The number of hydroxylamine groups is 1. The van der Waals surface area contributed by atoms with Gasteiger partial charge in [0.05, 0.1) is 0 Å². The van der Waals surface area contributed by atoms with E-state index in [1.807, 2.05) is 19.1 Å². The molecule has 0 aliphatic heterocycles. The molecule has 0 fully saturated rings. The first-order chi connectivity index (χ1) is 6.69. The quantitative estimate of drug-likeness (QED) is 0.562. The van der Waals surface area contributed by atoms with E-state index in [9.17, 15) is 4.79 Å². The fraction of sp³-hybridized carbons (Fsp3) is 0.300. The lowest BCUT2D eigenvalue weighted by Crippen LogP contribution is -2.27. The first-order valence-electron chi connectivity index (χ1n) is 4.22. The molecule has 4 nitrogen and oxygen atoms in total. The van der Waals surface area contributed by atoms with E-state index in [-0.39, 0.29) is 0 Å². The van der Waals surface area contributed by atoms with Crippen molar-refractivity contribution >= 4 is 5.91 Å². The highest BCUT2D eigenvalue weighted by molar-refractivity contribution is 5.81. The molecule has 1 aromatic rings. The lowest BCUT2D eigenvalue weighted by atomic mass is 10.1. The molecule has 4 heteroatoms. The van der Waals surface area contributed by atoms with Crippen molar-refractivity contribution in [2.75, 3.05) is 7.11 Å². The van der Waals surface area contributed by atoms with Gasteiger partial charge >= 0.3 is 0 Å². The van der Waals surface area contributed by atoms with Crippen molar-refractivity contribution in [2.45, 2.75) is 13.0 Å². The highest BCUT2D eigenvalue weighted by Crippen LogP contribution is 2.16. The van der Waals surface area contributed by atoms with Crippen LogP contribution >= 0.6 is 0 Å². The third-order valence-electron chi connectivity index (χ3n) is 1.96. The molecule has 0 aliphatic carbocycles. The van der Waals surface area contributed by atoms with Crippen LogP contribution in [0.5, 0.6) is 0 Å². The fourth-order valence-corrected chi connectivity index (χ4v) is 1.19. The second kappa shape index (κ2) is 4.74. The Hall–Kier alpha value is -1.39. The minimum Gasteiger partial charge on any atom is -0.367 e. The molecule has 76 valence electrons. The van der Waals surface area contributed by atoms with Gasteiger partial charge in [-0.3, -0.25) is 10.0 Å². The average Bonchev–Trinajstić information content (AvgIpc) is 2.21. The van der Waals surface area contributed by atoms with Crippen LogP contribution in [0.3, 0.4) is 0 Å². The average molecular weight is 195 g/mol. The number of hydrogen-bond acceptors (Lipinski definition) is 3. The fourth-order valence-electron chi connectivity index (χ4n) is 1.19. The lowest BCUT2D eigenvalue weighted by molar-refractivity contribution is -0.140. The van der Waals surface area contributed by atoms with Crippen molar-refractivity contribution in [3.8, 4) is 0 Å². The Morgan fingerprint density at radius 2 is 2.00 bits per heavy atom. The first-order valence-corrected chi connectivity index (χ1v) is 4.22. The minimum atomic E-state index is -0.763. The summed E-state index contributed by atoms with van der Waals surface area (Å²) >= 11 is 0. The molecule has 0 aromatic heterocycles. The van der Waals surface area contributed by atoms with Crippen LogP contribution in [0.15, 0.2) is 24.3 Å². The van der Waals surface area contributed by atoms with Crippen LogP contribution in [0.4, 0.5) is 0 Å². The Kier molecular flexibility index (Phi) is 3.62. The van der Waals surface area contributed by atoms with E-state index in [0.29, 0.717) is 5.56 Å². The van der Waals surface area contributed by atoms with Crippen LogP contribution in [0.1, 0.15) is 17.2 Å². The second-order valence-electron chi connectivity index (χ2n) is 3.00. The number of ether oxygens (including phenoxy) is 1. The van der Waals surface area contributed by atoms with Crippen LogP contribution in [0.2, 0.25) is 0 Å². The molecule has 1 rings (SSSR count). The molecule has 0 bridgehead atoms. The Morgan fingerprint density at radius 3 is 2.43 bits per heavy atom. The maximum absolute atomic E-state index is 11.1. The summed E-state index contributed by atoms with van der Waals surface area (Å²) < 4.78 is 4.96. The number of nitrogens with one attached hydrogen (secondary N) is 1. The van der Waals surface area contributed by atoms with Crippen LogP contribution in [-0.4, -0.2) is 18.2 Å². The van der Waals surface area contributed by atoms with Crippen LogP contribution in [0.25, 0.3) is 0 Å². The van der Waals surface area contributed by atoms with E-state index < -0.39 is 12.0 Å². The Bertz CT molecular complexity index is 308. The standard InChI is InChI=1S/C10H13NO3/c1-7-3-5-8(6-4-7)9(14-2)10(12)11-13/h3-6,9,13H,1-2H3,(H,11,12). The molecule has 0 saturated carbocycles. The van der Waals surface area contributed by atoms with E-state index in [0.717, 1.165) is 5.56 Å². The van der Waals surface area contributed by atoms with Gasteiger partial charge in [0.15, 0.2) is 6.10 Å². The zero-order valence-electron chi connectivity index (χ0n) is 8.15. The summed E-state index contributed by atoms with van der Waals surface area (Å²) in [6, 6.07) is 7.34. The molecule has 1 aromatic carbocycles. The van der Waals surface area contributed by atoms with Gasteiger partial charge in [-0.2, -0.15) is 0 Å². The van der Waals surface area contributed by atoms with Crippen molar-refractivity contribution < 1.29 is 14.7 Å². The molecular formula is C10H13NO3. The zero-order chi connectivity index (χ0) is 10.6. The van der Waals surface area contributed by atoms with Crippen LogP contribution < -0.4 is 5.48 Å². The Morgan fingerprint density at radius 1 is 1.43 bits per heavy atom. The van der Waals surface area contributed by atoms with Crippen molar-refractivity contribution in [2.24, 2.45) is 0 Å². The van der Waals surface area contributed by atoms with Gasteiger partial charge in [-0.25, -0.2) is 5.48 Å². The summed E-state index contributed by atoms with van der Waals surface area (Å²) in [5, 5.41) is 8.47. The first kappa shape index (κ1) is 10.7. The van der Waals surface area contributed by atoms with Crippen molar-refractivity contribution in [3.63, 3.8) is 0 Å². The maximum Gasteiger partial charge on any atom is 0.277 e. The Labute approximate surface area is 82.5 Å². The van der Waals surface area contributed by atoms with Crippen molar-refractivity contribution in [3.05, 3.63) is 35.4 Å². The molecule has 1 amide bonds. The third-order valence-corrected chi connectivity index (χ3v) is 1.96. The van der Waals surface area contributed by atoms with Gasteiger partial charge in [0, 0.05) is 7.11 Å². The number of amides is 1. The van der Waals surface area contributed by atoms with E-state index in [1.54, 1.807) is 17.6 Å².